The zero-order chi connectivity index (χ0) is 15.6. The van der Waals surface area contributed by atoms with Crippen LogP contribution < -0.4 is 5.32 Å². The van der Waals surface area contributed by atoms with E-state index in [0.717, 1.165) is 16.3 Å². The standard InChI is InChI=1S/C15H14BrNO3S/c1-10-7-8-13(12(16)9-10)17-15(18)11-5-3-4-6-14(11)21(2,19)20/h3-9H,1-2H3,(H,17,18). The molecular weight excluding hydrogens is 354 g/mol. The van der Waals surface area contributed by atoms with Crippen molar-refractivity contribution in [2.45, 2.75) is 11.8 Å². The van der Waals surface area contributed by atoms with Gasteiger partial charge in [-0.3, -0.25) is 4.79 Å². The third-order valence-corrected chi connectivity index (χ3v) is 4.71. The van der Waals surface area contributed by atoms with Crippen LogP contribution in [0.2, 0.25) is 0 Å². The highest BCUT2D eigenvalue weighted by Crippen LogP contribution is 2.25. The van der Waals surface area contributed by atoms with Gasteiger partial charge >= 0.3 is 0 Å². The van der Waals surface area contributed by atoms with Gasteiger partial charge in [-0.1, -0.05) is 18.2 Å². The van der Waals surface area contributed by atoms with Gasteiger partial charge in [-0.2, -0.15) is 0 Å². The van der Waals surface area contributed by atoms with Gasteiger partial charge in [0.05, 0.1) is 16.1 Å². The number of carbonyl (C=O) groups is 1. The molecule has 4 nitrogen and oxygen atoms in total. The lowest BCUT2D eigenvalue weighted by molar-refractivity contribution is 0.102. The van der Waals surface area contributed by atoms with Crippen molar-refractivity contribution in [3.63, 3.8) is 0 Å². The molecule has 6 heteroatoms. The molecule has 0 fully saturated rings. The van der Waals surface area contributed by atoms with E-state index in [1.807, 2.05) is 19.1 Å². The van der Waals surface area contributed by atoms with Crippen molar-refractivity contribution in [3.8, 4) is 0 Å². The molecule has 0 bridgehead atoms. The van der Waals surface area contributed by atoms with E-state index in [2.05, 4.69) is 21.2 Å². The molecule has 21 heavy (non-hydrogen) atoms. The molecule has 0 aliphatic carbocycles. The quantitative estimate of drug-likeness (QED) is 0.903. The summed E-state index contributed by atoms with van der Waals surface area (Å²) in [7, 11) is -3.46. The summed E-state index contributed by atoms with van der Waals surface area (Å²) in [6.45, 7) is 1.94. The zero-order valence-electron chi connectivity index (χ0n) is 11.6. The highest BCUT2D eigenvalue weighted by molar-refractivity contribution is 9.10. The highest BCUT2D eigenvalue weighted by Gasteiger charge is 2.18. The molecular formula is C15H14BrNO3S. The number of aryl methyl sites for hydroxylation is 1. The molecule has 0 atom stereocenters. The van der Waals surface area contributed by atoms with Gasteiger partial charge < -0.3 is 5.32 Å². The lowest BCUT2D eigenvalue weighted by atomic mass is 10.2. The summed E-state index contributed by atoms with van der Waals surface area (Å²) in [5, 5.41) is 2.72. The minimum atomic E-state index is -3.46. The molecule has 1 N–H and O–H groups in total. The molecule has 0 spiro atoms. The number of carbonyl (C=O) groups excluding carboxylic acids is 1. The maximum absolute atomic E-state index is 12.3. The average Bonchev–Trinajstić information content (AvgIpc) is 2.41. The highest BCUT2D eigenvalue weighted by atomic mass is 79.9. The van der Waals surface area contributed by atoms with Gasteiger partial charge in [0, 0.05) is 10.7 Å². The van der Waals surface area contributed by atoms with Gasteiger partial charge in [-0.05, 0) is 52.7 Å². The van der Waals surface area contributed by atoms with Gasteiger partial charge in [0.15, 0.2) is 9.84 Å². The number of anilines is 1. The maximum atomic E-state index is 12.3. The second-order valence-electron chi connectivity index (χ2n) is 4.71. The topological polar surface area (TPSA) is 63.2 Å². The van der Waals surface area contributed by atoms with Crippen LogP contribution in [0.4, 0.5) is 5.69 Å². The predicted octanol–water partition coefficient (Wildman–Crippen LogP) is 3.41. The van der Waals surface area contributed by atoms with Gasteiger partial charge in [-0.15, -0.1) is 0 Å². The molecule has 1 amide bonds. The minimum absolute atomic E-state index is 0.0192. The zero-order valence-corrected chi connectivity index (χ0v) is 14.0. The van der Waals surface area contributed by atoms with Crippen LogP contribution in [0, 0.1) is 6.92 Å². The van der Waals surface area contributed by atoms with E-state index in [9.17, 15) is 13.2 Å². The fourth-order valence-electron chi connectivity index (χ4n) is 1.89. The molecule has 0 aliphatic rings. The molecule has 0 heterocycles. The summed E-state index contributed by atoms with van der Waals surface area (Å²) in [6, 6.07) is 11.6. The SMILES string of the molecule is Cc1ccc(NC(=O)c2ccccc2S(C)(=O)=O)c(Br)c1. The van der Waals surface area contributed by atoms with E-state index in [1.54, 1.807) is 18.2 Å². The van der Waals surface area contributed by atoms with E-state index in [0.29, 0.717) is 5.69 Å². The van der Waals surface area contributed by atoms with Crippen molar-refractivity contribution < 1.29 is 13.2 Å². The molecule has 2 aromatic carbocycles. The van der Waals surface area contributed by atoms with Crippen LogP contribution in [0.3, 0.4) is 0 Å². The van der Waals surface area contributed by atoms with Crippen molar-refractivity contribution in [1.29, 1.82) is 0 Å². The lowest BCUT2D eigenvalue weighted by Crippen LogP contribution is -2.16. The van der Waals surface area contributed by atoms with Gasteiger partial charge in [0.1, 0.15) is 0 Å². The summed E-state index contributed by atoms with van der Waals surface area (Å²) in [5.74, 6) is -0.458. The third kappa shape index (κ3) is 3.71. The summed E-state index contributed by atoms with van der Waals surface area (Å²) in [6.07, 6.45) is 1.08. The van der Waals surface area contributed by atoms with Crippen molar-refractivity contribution in [3.05, 3.63) is 58.1 Å². The van der Waals surface area contributed by atoms with Crippen LogP contribution in [0.15, 0.2) is 51.8 Å². The first-order chi connectivity index (χ1) is 9.79. The van der Waals surface area contributed by atoms with Crippen LogP contribution >= 0.6 is 15.9 Å². The van der Waals surface area contributed by atoms with Gasteiger partial charge in [0.25, 0.3) is 5.91 Å². The second-order valence-corrected chi connectivity index (χ2v) is 7.54. The number of sulfone groups is 1. The van der Waals surface area contributed by atoms with Gasteiger partial charge in [-0.25, -0.2) is 8.42 Å². The largest absolute Gasteiger partial charge is 0.321 e. The van der Waals surface area contributed by atoms with Crippen LogP contribution in [0.5, 0.6) is 0 Å². The molecule has 0 unspecified atom stereocenters. The monoisotopic (exact) mass is 367 g/mol. The molecule has 110 valence electrons. The molecule has 2 aromatic rings. The van der Waals surface area contributed by atoms with E-state index in [1.165, 1.54) is 12.1 Å². The number of hydrogen-bond acceptors (Lipinski definition) is 3. The number of hydrogen-bond donors (Lipinski definition) is 1. The van der Waals surface area contributed by atoms with Crippen molar-refractivity contribution in [2.24, 2.45) is 0 Å². The Morgan fingerprint density at radius 2 is 1.81 bits per heavy atom. The van der Waals surface area contributed by atoms with Crippen molar-refractivity contribution >= 4 is 37.4 Å². The third-order valence-electron chi connectivity index (χ3n) is 2.90. The molecule has 0 radical (unpaired) electrons. The fourth-order valence-corrected chi connectivity index (χ4v) is 3.37. The molecule has 0 saturated heterocycles. The number of nitrogens with one attached hydrogen (secondary N) is 1. The fraction of sp³-hybridized carbons (Fsp3) is 0.133. The number of halogens is 1. The summed E-state index contributed by atoms with van der Waals surface area (Å²) >= 11 is 3.37. The Labute approximate surface area is 132 Å². The molecule has 0 aromatic heterocycles. The lowest BCUT2D eigenvalue weighted by Gasteiger charge is -2.10. The van der Waals surface area contributed by atoms with Crippen LogP contribution in [-0.4, -0.2) is 20.6 Å². The molecule has 0 aliphatic heterocycles. The van der Waals surface area contributed by atoms with Crippen molar-refractivity contribution in [1.82, 2.24) is 0 Å². The Kier molecular flexibility index (Phi) is 4.49. The number of benzene rings is 2. The smallest absolute Gasteiger partial charge is 0.257 e. The van der Waals surface area contributed by atoms with E-state index < -0.39 is 15.7 Å². The second kappa shape index (κ2) is 5.99. The van der Waals surface area contributed by atoms with Crippen LogP contribution in [0.25, 0.3) is 0 Å². The minimum Gasteiger partial charge on any atom is -0.321 e. The first-order valence-electron chi connectivity index (χ1n) is 6.15. The summed E-state index contributed by atoms with van der Waals surface area (Å²) in [5.41, 5.74) is 1.78. The van der Waals surface area contributed by atoms with E-state index in [4.69, 9.17) is 0 Å². The van der Waals surface area contributed by atoms with E-state index >= 15 is 0 Å². The number of amides is 1. The predicted molar refractivity (Wildman–Crippen MR) is 86.4 cm³/mol. The summed E-state index contributed by atoms with van der Waals surface area (Å²) < 4.78 is 24.2. The molecule has 0 saturated carbocycles. The van der Waals surface area contributed by atoms with Gasteiger partial charge in [0.2, 0.25) is 0 Å². The first-order valence-corrected chi connectivity index (χ1v) is 8.84. The summed E-state index contributed by atoms with van der Waals surface area (Å²) in [4.78, 5) is 12.3. The van der Waals surface area contributed by atoms with Crippen LogP contribution in [-0.2, 0) is 9.84 Å². The number of rotatable bonds is 3. The first kappa shape index (κ1) is 15.7. The van der Waals surface area contributed by atoms with E-state index in [-0.39, 0.29) is 10.5 Å². The van der Waals surface area contributed by atoms with Crippen LogP contribution in [0.1, 0.15) is 15.9 Å². The van der Waals surface area contributed by atoms with Crippen molar-refractivity contribution in [2.75, 3.05) is 11.6 Å². The Balaban J connectivity index is 2.38. The Bertz CT molecular complexity index is 800. The molecule has 2 rings (SSSR count). The Hall–Kier alpha value is -1.66. The normalized spacial score (nSPS) is 11.2. The maximum Gasteiger partial charge on any atom is 0.257 e. The Morgan fingerprint density at radius 1 is 1.14 bits per heavy atom. The Morgan fingerprint density at radius 3 is 2.43 bits per heavy atom. The average molecular weight is 368 g/mol.